The van der Waals surface area contributed by atoms with Gasteiger partial charge >= 0.3 is 0 Å². The highest BCUT2D eigenvalue weighted by Crippen LogP contribution is 2.25. The first kappa shape index (κ1) is 12.9. The van der Waals surface area contributed by atoms with Crippen molar-refractivity contribution >= 4 is 17.2 Å². The Bertz CT molecular complexity index is 742. The average molecular weight is 292 g/mol. The molecular formula is C14H11ClFN3O. The molecule has 0 aliphatic carbocycles. The third kappa shape index (κ3) is 2.44. The van der Waals surface area contributed by atoms with Crippen molar-refractivity contribution in [1.29, 1.82) is 0 Å². The van der Waals surface area contributed by atoms with Crippen molar-refractivity contribution in [2.45, 2.75) is 13.0 Å². The molecule has 20 heavy (non-hydrogen) atoms. The molecule has 1 unspecified atom stereocenters. The van der Waals surface area contributed by atoms with Crippen molar-refractivity contribution in [3.05, 3.63) is 59.4 Å². The van der Waals surface area contributed by atoms with Crippen LogP contribution in [-0.2, 0) is 0 Å². The van der Waals surface area contributed by atoms with Gasteiger partial charge < -0.3 is 4.74 Å². The summed E-state index contributed by atoms with van der Waals surface area (Å²) in [6, 6.07) is 6.40. The molecule has 1 atom stereocenters. The zero-order chi connectivity index (χ0) is 14.1. The third-order valence-electron chi connectivity index (χ3n) is 2.90. The van der Waals surface area contributed by atoms with Gasteiger partial charge in [0.15, 0.2) is 0 Å². The summed E-state index contributed by atoms with van der Waals surface area (Å²) in [5, 5.41) is 0.540. The summed E-state index contributed by atoms with van der Waals surface area (Å²) in [5.74, 6) is 0.185. The molecule has 0 spiro atoms. The number of pyridine rings is 2. The van der Waals surface area contributed by atoms with Gasteiger partial charge in [0, 0.05) is 29.5 Å². The van der Waals surface area contributed by atoms with Gasteiger partial charge in [0.25, 0.3) is 0 Å². The molecule has 0 aromatic carbocycles. The molecule has 4 nitrogen and oxygen atoms in total. The maximum Gasteiger partial charge on any atom is 0.201 e. The molecule has 0 radical (unpaired) electrons. The molecule has 0 aliphatic heterocycles. The number of hydrogen-bond acceptors (Lipinski definition) is 3. The van der Waals surface area contributed by atoms with Crippen LogP contribution in [0.5, 0.6) is 5.88 Å². The molecule has 0 bridgehead atoms. The number of imidazole rings is 1. The third-order valence-corrected chi connectivity index (χ3v) is 3.12. The van der Waals surface area contributed by atoms with Crippen LogP contribution >= 0.6 is 11.6 Å². The second kappa shape index (κ2) is 5.09. The highest BCUT2D eigenvalue weighted by molar-refractivity contribution is 6.31. The minimum atomic E-state index is -0.374. The Labute approximate surface area is 119 Å². The Morgan fingerprint density at radius 1 is 1.30 bits per heavy atom. The number of rotatable bonds is 3. The van der Waals surface area contributed by atoms with Crippen LogP contribution in [0.1, 0.15) is 18.7 Å². The fourth-order valence-electron chi connectivity index (χ4n) is 1.92. The van der Waals surface area contributed by atoms with E-state index in [2.05, 4.69) is 9.97 Å². The van der Waals surface area contributed by atoms with E-state index in [1.807, 2.05) is 6.92 Å². The van der Waals surface area contributed by atoms with E-state index in [0.717, 1.165) is 0 Å². The van der Waals surface area contributed by atoms with E-state index in [9.17, 15) is 4.39 Å². The second-order valence-corrected chi connectivity index (χ2v) is 4.77. The SMILES string of the molecule is CC(Oc1cc(Cl)cc2nccn12)c1ccc(F)cn1. The summed E-state index contributed by atoms with van der Waals surface area (Å²) in [4.78, 5) is 8.17. The molecule has 0 N–H and O–H groups in total. The van der Waals surface area contributed by atoms with Crippen LogP contribution in [0.4, 0.5) is 4.39 Å². The van der Waals surface area contributed by atoms with Crippen molar-refractivity contribution < 1.29 is 9.13 Å². The maximum absolute atomic E-state index is 12.9. The Morgan fingerprint density at radius 2 is 2.15 bits per heavy atom. The fourth-order valence-corrected chi connectivity index (χ4v) is 2.11. The molecule has 102 valence electrons. The minimum absolute atomic E-state index is 0.334. The number of fused-ring (bicyclic) bond motifs is 1. The Morgan fingerprint density at radius 3 is 2.90 bits per heavy atom. The molecular weight excluding hydrogens is 281 g/mol. The summed E-state index contributed by atoms with van der Waals surface area (Å²) in [6.07, 6.45) is 4.28. The molecule has 0 amide bonds. The van der Waals surface area contributed by atoms with Crippen molar-refractivity contribution in [2.75, 3.05) is 0 Å². The van der Waals surface area contributed by atoms with Gasteiger partial charge in [-0.05, 0) is 19.1 Å². The quantitative estimate of drug-likeness (QED) is 0.739. The van der Waals surface area contributed by atoms with Gasteiger partial charge in [0.1, 0.15) is 17.6 Å². The standard InChI is InChI=1S/C14H11ClFN3O/c1-9(12-3-2-11(16)8-18-12)20-14-7-10(15)6-13-17-4-5-19(13)14/h2-9H,1H3. The summed E-state index contributed by atoms with van der Waals surface area (Å²) in [5.41, 5.74) is 1.34. The van der Waals surface area contributed by atoms with Crippen LogP contribution in [0.25, 0.3) is 5.65 Å². The van der Waals surface area contributed by atoms with Crippen molar-refractivity contribution in [1.82, 2.24) is 14.4 Å². The maximum atomic E-state index is 12.9. The van der Waals surface area contributed by atoms with E-state index in [1.165, 1.54) is 12.3 Å². The molecule has 6 heteroatoms. The van der Waals surface area contributed by atoms with Crippen molar-refractivity contribution in [3.8, 4) is 5.88 Å². The molecule has 0 fully saturated rings. The lowest BCUT2D eigenvalue weighted by Gasteiger charge is -2.15. The zero-order valence-corrected chi connectivity index (χ0v) is 11.4. The molecule has 3 heterocycles. The number of halogens is 2. The smallest absolute Gasteiger partial charge is 0.201 e. The fraction of sp³-hybridized carbons (Fsp3) is 0.143. The number of nitrogens with zero attached hydrogens (tertiary/aromatic N) is 3. The van der Waals surface area contributed by atoms with Gasteiger partial charge in [-0.1, -0.05) is 11.6 Å². The lowest BCUT2D eigenvalue weighted by atomic mass is 10.2. The Kier molecular flexibility index (Phi) is 3.28. The van der Waals surface area contributed by atoms with E-state index < -0.39 is 0 Å². The molecule has 0 saturated heterocycles. The van der Waals surface area contributed by atoms with E-state index >= 15 is 0 Å². The number of aromatic nitrogens is 3. The summed E-state index contributed by atoms with van der Waals surface area (Å²) in [7, 11) is 0. The van der Waals surface area contributed by atoms with Crippen LogP contribution in [0.15, 0.2) is 42.9 Å². The first-order chi connectivity index (χ1) is 9.63. The summed E-state index contributed by atoms with van der Waals surface area (Å²) >= 11 is 6.03. The topological polar surface area (TPSA) is 39.4 Å². The highest BCUT2D eigenvalue weighted by Gasteiger charge is 2.12. The lowest BCUT2D eigenvalue weighted by molar-refractivity contribution is 0.210. The summed E-state index contributed by atoms with van der Waals surface area (Å²) < 4.78 is 20.5. The lowest BCUT2D eigenvalue weighted by Crippen LogP contribution is -2.07. The van der Waals surface area contributed by atoms with Gasteiger partial charge in [-0.3, -0.25) is 9.38 Å². The van der Waals surface area contributed by atoms with Crippen LogP contribution < -0.4 is 4.74 Å². The van der Waals surface area contributed by atoms with Crippen LogP contribution in [-0.4, -0.2) is 14.4 Å². The molecule has 0 saturated carbocycles. The Hall–Kier alpha value is -2.14. The Balaban J connectivity index is 1.92. The zero-order valence-electron chi connectivity index (χ0n) is 10.6. The summed E-state index contributed by atoms with van der Waals surface area (Å²) in [6.45, 7) is 1.84. The van der Waals surface area contributed by atoms with Crippen molar-refractivity contribution in [2.24, 2.45) is 0 Å². The largest absolute Gasteiger partial charge is 0.469 e. The molecule has 3 rings (SSSR count). The van der Waals surface area contributed by atoms with E-state index in [4.69, 9.17) is 16.3 Å². The van der Waals surface area contributed by atoms with Gasteiger partial charge in [0.05, 0.1) is 11.9 Å². The van der Waals surface area contributed by atoms with Crippen LogP contribution in [0.3, 0.4) is 0 Å². The van der Waals surface area contributed by atoms with Crippen LogP contribution in [0.2, 0.25) is 5.02 Å². The second-order valence-electron chi connectivity index (χ2n) is 4.33. The molecule has 0 aliphatic rings. The predicted octanol–water partition coefficient (Wildman–Crippen LogP) is 3.66. The van der Waals surface area contributed by atoms with E-state index in [-0.39, 0.29) is 11.9 Å². The van der Waals surface area contributed by atoms with Crippen LogP contribution in [0, 0.1) is 5.82 Å². The molecule has 3 aromatic rings. The predicted molar refractivity (Wildman–Crippen MR) is 73.4 cm³/mol. The monoisotopic (exact) mass is 291 g/mol. The molecule has 3 aromatic heterocycles. The van der Waals surface area contributed by atoms with Gasteiger partial charge in [0.2, 0.25) is 5.88 Å². The van der Waals surface area contributed by atoms with Gasteiger partial charge in [-0.2, -0.15) is 0 Å². The first-order valence-electron chi connectivity index (χ1n) is 6.04. The minimum Gasteiger partial charge on any atom is -0.469 e. The number of ether oxygens (including phenoxy) is 1. The normalized spacial score (nSPS) is 12.6. The highest BCUT2D eigenvalue weighted by atomic mass is 35.5. The van der Waals surface area contributed by atoms with E-state index in [1.54, 1.807) is 35.0 Å². The van der Waals surface area contributed by atoms with Crippen molar-refractivity contribution in [3.63, 3.8) is 0 Å². The first-order valence-corrected chi connectivity index (χ1v) is 6.42. The van der Waals surface area contributed by atoms with Gasteiger partial charge in [-0.25, -0.2) is 9.37 Å². The number of hydrogen-bond donors (Lipinski definition) is 0. The average Bonchev–Trinajstić information content (AvgIpc) is 2.87. The van der Waals surface area contributed by atoms with E-state index in [0.29, 0.717) is 22.2 Å². The van der Waals surface area contributed by atoms with Gasteiger partial charge in [-0.15, -0.1) is 0 Å².